The molecule has 0 aliphatic carbocycles. The van der Waals surface area contributed by atoms with Crippen molar-refractivity contribution in [2.45, 2.75) is 26.7 Å². The number of nitrogens with one attached hydrogen (secondary N) is 1. The van der Waals surface area contributed by atoms with E-state index < -0.39 is 0 Å². The maximum absolute atomic E-state index is 11.9. The minimum atomic E-state index is 0. The van der Waals surface area contributed by atoms with Gasteiger partial charge in [0.15, 0.2) is 0 Å². The van der Waals surface area contributed by atoms with Crippen molar-refractivity contribution < 1.29 is 4.79 Å². The molecule has 0 unspecified atom stereocenters. The summed E-state index contributed by atoms with van der Waals surface area (Å²) in [6.07, 6.45) is 2.62. The van der Waals surface area contributed by atoms with Crippen LogP contribution in [0.15, 0.2) is 0 Å². The molecule has 2 rings (SSSR count). The summed E-state index contributed by atoms with van der Waals surface area (Å²) >= 11 is 0. The minimum absolute atomic E-state index is 0. The monoisotopic (exact) mass is 289 g/mol. The summed E-state index contributed by atoms with van der Waals surface area (Å²) in [6, 6.07) is 0. The van der Waals surface area contributed by atoms with Gasteiger partial charge in [-0.05, 0) is 31.8 Å². The van der Waals surface area contributed by atoms with Crippen molar-refractivity contribution in [1.29, 1.82) is 0 Å². The Balaban J connectivity index is 0.00000180. The normalized spacial score (nSPS) is 22.4. The number of carbonyl (C=O) groups excluding carboxylic acids is 1. The molecule has 0 aromatic heterocycles. The number of carbonyl (C=O) groups is 1. The predicted molar refractivity (Wildman–Crippen MR) is 80.7 cm³/mol. The average molecular weight is 290 g/mol. The van der Waals surface area contributed by atoms with E-state index in [0.29, 0.717) is 5.91 Å². The van der Waals surface area contributed by atoms with E-state index in [4.69, 9.17) is 0 Å². The van der Waals surface area contributed by atoms with E-state index >= 15 is 0 Å². The van der Waals surface area contributed by atoms with Gasteiger partial charge in [0.25, 0.3) is 0 Å². The maximum Gasteiger partial charge on any atom is 0.225 e. The molecule has 112 valence electrons. The minimum Gasteiger partial charge on any atom is -0.340 e. The number of halogens is 1. The molecule has 0 saturated carbocycles. The lowest BCUT2D eigenvalue weighted by Crippen LogP contribution is -2.51. The van der Waals surface area contributed by atoms with Crippen molar-refractivity contribution in [3.63, 3.8) is 0 Å². The Labute approximate surface area is 123 Å². The quantitative estimate of drug-likeness (QED) is 0.848. The molecule has 1 amide bonds. The molecule has 0 radical (unpaired) electrons. The Kier molecular flexibility index (Phi) is 7.11. The Morgan fingerprint density at radius 2 is 1.74 bits per heavy atom. The first-order valence-corrected chi connectivity index (χ1v) is 7.38. The van der Waals surface area contributed by atoms with Crippen molar-refractivity contribution in [3.8, 4) is 0 Å². The Hall–Kier alpha value is -0.320. The summed E-state index contributed by atoms with van der Waals surface area (Å²) in [5, 5.41) is 3.41. The zero-order valence-electron chi connectivity index (χ0n) is 12.2. The van der Waals surface area contributed by atoms with Crippen LogP contribution in [0.4, 0.5) is 0 Å². The van der Waals surface area contributed by atoms with E-state index in [1.165, 1.54) is 32.5 Å². The van der Waals surface area contributed by atoms with E-state index in [-0.39, 0.29) is 18.3 Å². The largest absolute Gasteiger partial charge is 0.340 e. The average Bonchev–Trinajstić information content (AvgIpc) is 2.40. The molecule has 2 aliphatic heterocycles. The summed E-state index contributed by atoms with van der Waals surface area (Å²) in [5.41, 5.74) is 0. The highest BCUT2D eigenvalue weighted by Crippen LogP contribution is 2.15. The third-order valence-electron chi connectivity index (χ3n) is 4.15. The van der Waals surface area contributed by atoms with Gasteiger partial charge in [0.2, 0.25) is 5.91 Å². The number of hydrogen-bond acceptors (Lipinski definition) is 3. The van der Waals surface area contributed by atoms with Gasteiger partial charge in [-0.1, -0.05) is 13.8 Å². The topological polar surface area (TPSA) is 35.6 Å². The molecule has 1 N–H and O–H groups in total. The van der Waals surface area contributed by atoms with Crippen LogP contribution in [0.1, 0.15) is 26.7 Å². The third-order valence-corrected chi connectivity index (χ3v) is 4.15. The molecule has 19 heavy (non-hydrogen) atoms. The Bertz CT molecular complexity index is 272. The van der Waals surface area contributed by atoms with Gasteiger partial charge >= 0.3 is 0 Å². The van der Waals surface area contributed by atoms with Crippen molar-refractivity contribution >= 4 is 18.3 Å². The lowest BCUT2D eigenvalue weighted by Gasteiger charge is -2.38. The highest BCUT2D eigenvalue weighted by Gasteiger charge is 2.24. The lowest BCUT2D eigenvalue weighted by molar-refractivity contribution is -0.136. The van der Waals surface area contributed by atoms with Crippen LogP contribution in [0.2, 0.25) is 0 Å². The van der Waals surface area contributed by atoms with Crippen LogP contribution >= 0.6 is 12.4 Å². The number of rotatable bonds is 3. The standard InChI is InChI=1S/C14H27N3O.ClH/c1-12(2)14(18)17-9-7-16(8-10-17)11-13-3-5-15-6-4-13;/h12-13,15H,3-11H2,1-2H3;1H. The van der Waals surface area contributed by atoms with Crippen LogP contribution in [0, 0.1) is 11.8 Å². The smallest absolute Gasteiger partial charge is 0.225 e. The molecular formula is C14H28ClN3O. The zero-order valence-corrected chi connectivity index (χ0v) is 13.0. The molecular weight excluding hydrogens is 262 g/mol. The van der Waals surface area contributed by atoms with E-state index in [1.807, 2.05) is 18.7 Å². The number of amides is 1. The van der Waals surface area contributed by atoms with Gasteiger partial charge in [-0.15, -0.1) is 12.4 Å². The first-order valence-electron chi connectivity index (χ1n) is 7.38. The number of piperazine rings is 1. The molecule has 2 heterocycles. The van der Waals surface area contributed by atoms with Crippen LogP contribution in [0.25, 0.3) is 0 Å². The molecule has 2 fully saturated rings. The fraction of sp³-hybridized carbons (Fsp3) is 0.929. The lowest BCUT2D eigenvalue weighted by atomic mass is 9.97. The zero-order chi connectivity index (χ0) is 13.0. The van der Waals surface area contributed by atoms with E-state index in [2.05, 4.69) is 10.2 Å². The highest BCUT2D eigenvalue weighted by molar-refractivity contribution is 5.85. The second kappa shape index (κ2) is 8.08. The van der Waals surface area contributed by atoms with Crippen LogP contribution in [-0.4, -0.2) is 61.5 Å². The number of nitrogens with zero attached hydrogens (tertiary/aromatic N) is 2. The first kappa shape index (κ1) is 16.7. The van der Waals surface area contributed by atoms with Crippen molar-refractivity contribution in [2.24, 2.45) is 11.8 Å². The van der Waals surface area contributed by atoms with Gasteiger partial charge in [0.1, 0.15) is 0 Å². The summed E-state index contributed by atoms with van der Waals surface area (Å²) in [6.45, 7) is 11.5. The maximum atomic E-state index is 11.9. The summed E-state index contributed by atoms with van der Waals surface area (Å²) < 4.78 is 0. The van der Waals surface area contributed by atoms with Gasteiger partial charge in [-0.25, -0.2) is 0 Å². The molecule has 5 heteroatoms. The Morgan fingerprint density at radius 3 is 2.26 bits per heavy atom. The molecule has 2 saturated heterocycles. The van der Waals surface area contributed by atoms with Gasteiger partial charge in [0.05, 0.1) is 0 Å². The van der Waals surface area contributed by atoms with Crippen LogP contribution in [0.5, 0.6) is 0 Å². The summed E-state index contributed by atoms with van der Waals surface area (Å²) in [4.78, 5) is 16.5. The van der Waals surface area contributed by atoms with Gasteiger partial charge in [-0.2, -0.15) is 0 Å². The van der Waals surface area contributed by atoms with Crippen LogP contribution in [-0.2, 0) is 4.79 Å². The molecule has 2 aliphatic rings. The predicted octanol–water partition coefficient (Wildman–Crippen LogP) is 1.21. The van der Waals surface area contributed by atoms with Crippen molar-refractivity contribution in [2.75, 3.05) is 45.8 Å². The van der Waals surface area contributed by atoms with Gasteiger partial charge < -0.3 is 10.2 Å². The summed E-state index contributed by atoms with van der Waals surface area (Å²) in [7, 11) is 0. The first-order chi connectivity index (χ1) is 8.66. The van der Waals surface area contributed by atoms with Crippen LogP contribution in [0.3, 0.4) is 0 Å². The van der Waals surface area contributed by atoms with Gasteiger partial charge in [0, 0.05) is 38.6 Å². The summed E-state index contributed by atoms with van der Waals surface area (Å²) in [5.74, 6) is 1.32. The fourth-order valence-electron chi connectivity index (χ4n) is 2.95. The second-order valence-electron chi connectivity index (χ2n) is 5.97. The second-order valence-corrected chi connectivity index (χ2v) is 5.97. The molecule has 0 aromatic carbocycles. The van der Waals surface area contributed by atoms with Crippen molar-refractivity contribution in [3.05, 3.63) is 0 Å². The van der Waals surface area contributed by atoms with E-state index in [1.54, 1.807) is 0 Å². The van der Waals surface area contributed by atoms with Crippen molar-refractivity contribution in [1.82, 2.24) is 15.1 Å². The Morgan fingerprint density at radius 1 is 1.16 bits per heavy atom. The van der Waals surface area contributed by atoms with E-state index in [0.717, 1.165) is 32.1 Å². The third kappa shape index (κ3) is 4.93. The fourth-order valence-corrected chi connectivity index (χ4v) is 2.95. The van der Waals surface area contributed by atoms with E-state index in [9.17, 15) is 4.79 Å². The van der Waals surface area contributed by atoms with Gasteiger partial charge in [-0.3, -0.25) is 9.69 Å². The molecule has 0 aromatic rings. The van der Waals surface area contributed by atoms with Crippen LogP contribution < -0.4 is 5.32 Å². The number of hydrogen-bond donors (Lipinski definition) is 1. The molecule has 0 spiro atoms. The molecule has 0 bridgehead atoms. The number of piperidine rings is 1. The molecule has 4 nitrogen and oxygen atoms in total. The molecule has 0 atom stereocenters. The SMILES string of the molecule is CC(C)C(=O)N1CCN(CC2CCNCC2)CC1.Cl. The highest BCUT2D eigenvalue weighted by atomic mass is 35.5.